The third-order valence-electron chi connectivity index (χ3n) is 5.29. The first-order valence-corrected chi connectivity index (χ1v) is 11.8. The molecule has 5 aromatic rings. The SMILES string of the molecule is Cc1nc(-c2ccc(CNc3cnccn3)cc2F)no1.NC(=NO)c1ccc(CNc2cnccn2)cc1F. The minimum absolute atomic E-state index is 0.0609. The molecule has 0 bridgehead atoms. The van der Waals surface area contributed by atoms with Crippen LogP contribution < -0.4 is 16.4 Å². The van der Waals surface area contributed by atoms with Gasteiger partial charge in [-0.05, 0) is 35.4 Å². The Kier molecular flexibility index (Phi) is 9.16. The Morgan fingerprint density at radius 2 is 1.50 bits per heavy atom. The van der Waals surface area contributed by atoms with Crippen LogP contribution in [0.15, 0.2) is 83.3 Å². The average Bonchev–Trinajstić information content (AvgIpc) is 3.42. The zero-order valence-electron chi connectivity index (χ0n) is 21.2. The summed E-state index contributed by atoms with van der Waals surface area (Å²) in [6, 6.07) is 9.32. The molecule has 0 unspecified atom stereocenters. The van der Waals surface area contributed by atoms with Crippen LogP contribution in [-0.4, -0.2) is 41.1 Å². The second-order valence-electron chi connectivity index (χ2n) is 8.14. The van der Waals surface area contributed by atoms with E-state index in [1.165, 1.54) is 18.2 Å². The number of benzene rings is 2. The van der Waals surface area contributed by atoms with Crippen LogP contribution in [0.4, 0.5) is 20.4 Å². The van der Waals surface area contributed by atoms with Crippen LogP contribution >= 0.6 is 0 Å². The van der Waals surface area contributed by atoms with Crippen molar-refractivity contribution in [1.29, 1.82) is 0 Å². The van der Waals surface area contributed by atoms with Gasteiger partial charge in [-0.2, -0.15) is 4.98 Å². The number of rotatable bonds is 8. The van der Waals surface area contributed by atoms with E-state index in [4.69, 9.17) is 15.5 Å². The molecule has 0 atom stereocenters. The molecular weight excluding hydrogens is 522 g/mol. The van der Waals surface area contributed by atoms with E-state index in [1.54, 1.807) is 62.3 Å². The van der Waals surface area contributed by atoms with Crippen molar-refractivity contribution in [3.05, 3.63) is 108 Å². The molecule has 0 amide bonds. The molecule has 204 valence electrons. The number of nitrogens with two attached hydrogens (primary N) is 1. The zero-order valence-corrected chi connectivity index (χ0v) is 21.2. The predicted octanol–water partition coefficient (Wildman–Crippen LogP) is 3.91. The summed E-state index contributed by atoms with van der Waals surface area (Å²) in [5.74, 6) is 0.685. The molecule has 3 aromatic heterocycles. The average molecular weight is 547 g/mol. The van der Waals surface area contributed by atoms with Gasteiger partial charge in [0, 0.05) is 44.8 Å². The summed E-state index contributed by atoms with van der Waals surface area (Å²) in [5.41, 5.74) is 7.20. The molecule has 0 fully saturated rings. The van der Waals surface area contributed by atoms with Gasteiger partial charge < -0.3 is 26.1 Å². The summed E-state index contributed by atoms with van der Waals surface area (Å²) in [6.45, 7) is 2.50. The molecule has 0 radical (unpaired) electrons. The number of aryl methyl sites for hydroxylation is 1. The molecule has 2 aromatic carbocycles. The summed E-state index contributed by atoms with van der Waals surface area (Å²) in [6.07, 6.45) is 9.48. The molecule has 0 aliphatic rings. The Morgan fingerprint density at radius 1 is 0.900 bits per heavy atom. The molecule has 0 saturated carbocycles. The fourth-order valence-electron chi connectivity index (χ4n) is 3.35. The first-order chi connectivity index (χ1) is 19.4. The van der Waals surface area contributed by atoms with Gasteiger partial charge in [-0.15, -0.1) is 0 Å². The van der Waals surface area contributed by atoms with E-state index in [-0.39, 0.29) is 17.2 Å². The standard InChI is InChI=1S/C14H12FN5O.C12H12FN5O/c1-9-19-14(20-21-9)11-3-2-10(6-12(11)15)7-18-13-8-16-4-5-17-13;13-10-5-8(1-2-9(10)12(14)18-19)6-17-11-7-15-3-4-16-11/h2-6,8H,7H2,1H3,(H,17,18);1-5,7,19H,6H2,(H2,14,18)(H,16,17). The summed E-state index contributed by atoms with van der Waals surface area (Å²) >= 11 is 0. The fraction of sp³-hybridized carbons (Fsp3) is 0.115. The quantitative estimate of drug-likeness (QED) is 0.0961. The summed E-state index contributed by atoms with van der Waals surface area (Å²) < 4.78 is 32.6. The molecule has 5 N–H and O–H groups in total. The monoisotopic (exact) mass is 546 g/mol. The summed E-state index contributed by atoms with van der Waals surface area (Å²) in [7, 11) is 0. The van der Waals surface area contributed by atoms with Gasteiger partial charge in [0.1, 0.15) is 23.3 Å². The van der Waals surface area contributed by atoms with Crippen molar-refractivity contribution < 1.29 is 18.5 Å². The number of hydrogen-bond acceptors (Lipinski definition) is 11. The second kappa shape index (κ2) is 13.3. The van der Waals surface area contributed by atoms with Crippen molar-refractivity contribution in [1.82, 2.24) is 30.1 Å². The minimum Gasteiger partial charge on any atom is -0.409 e. The first kappa shape index (κ1) is 27.5. The maximum absolute atomic E-state index is 14.1. The summed E-state index contributed by atoms with van der Waals surface area (Å²) in [4.78, 5) is 20.0. The van der Waals surface area contributed by atoms with Gasteiger partial charge in [-0.3, -0.25) is 9.97 Å². The Labute approximate surface area is 227 Å². The molecule has 0 spiro atoms. The predicted molar refractivity (Wildman–Crippen MR) is 142 cm³/mol. The molecule has 5 rings (SSSR count). The topological polar surface area (TPSA) is 173 Å². The highest BCUT2D eigenvalue weighted by molar-refractivity contribution is 5.97. The maximum atomic E-state index is 14.1. The van der Waals surface area contributed by atoms with Crippen molar-refractivity contribution in [2.45, 2.75) is 20.0 Å². The van der Waals surface area contributed by atoms with Crippen molar-refractivity contribution in [3.63, 3.8) is 0 Å². The van der Waals surface area contributed by atoms with Gasteiger partial charge in [0.25, 0.3) is 0 Å². The molecule has 40 heavy (non-hydrogen) atoms. The molecule has 3 heterocycles. The highest BCUT2D eigenvalue weighted by atomic mass is 19.1. The molecule has 12 nitrogen and oxygen atoms in total. The van der Waals surface area contributed by atoms with Crippen molar-refractivity contribution in [3.8, 4) is 11.4 Å². The number of oxime groups is 1. The molecular formula is C26H24F2N10O2. The first-order valence-electron chi connectivity index (χ1n) is 11.8. The highest BCUT2D eigenvalue weighted by Gasteiger charge is 2.12. The van der Waals surface area contributed by atoms with Gasteiger partial charge >= 0.3 is 0 Å². The Bertz CT molecular complexity index is 1570. The zero-order chi connectivity index (χ0) is 28.3. The number of amidine groups is 1. The lowest BCUT2D eigenvalue weighted by molar-refractivity contribution is 0.318. The summed E-state index contributed by atoms with van der Waals surface area (Å²) in [5, 5.41) is 21.0. The number of nitrogens with zero attached hydrogens (tertiary/aromatic N) is 7. The van der Waals surface area contributed by atoms with Crippen LogP contribution in [0, 0.1) is 18.6 Å². The highest BCUT2D eigenvalue weighted by Crippen LogP contribution is 2.21. The van der Waals surface area contributed by atoms with Crippen LogP contribution in [0.25, 0.3) is 11.4 Å². The van der Waals surface area contributed by atoms with E-state index in [0.717, 1.165) is 5.56 Å². The number of nitrogens with one attached hydrogen (secondary N) is 2. The second-order valence-corrected chi connectivity index (χ2v) is 8.14. The minimum atomic E-state index is -0.547. The lowest BCUT2D eigenvalue weighted by Gasteiger charge is -2.07. The van der Waals surface area contributed by atoms with Crippen LogP contribution in [0.5, 0.6) is 0 Å². The van der Waals surface area contributed by atoms with E-state index >= 15 is 0 Å². The van der Waals surface area contributed by atoms with Gasteiger partial charge in [0.15, 0.2) is 5.84 Å². The molecule has 14 heteroatoms. The molecule has 0 saturated heterocycles. The van der Waals surface area contributed by atoms with E-state index in [9.17, 15) is 8.78 Å². The lowest BCUT2D eigenvalue weighted by atomic mass is 10.1. The van der Waals surface area contributed by atoms with Crippen LogP contribution in [-0.2, 0) is 13.1 Å². The van der Waals surface area contributed by atoms with Crippen LogP contribution in [0.3, 0.4) is 0 Å². The normalized spacial score (nSPS) is 10.9. The van der Waals surface area contributed by atoms with Crippen LogP contribution in [0.1, 0.15) is 22.6 Å². The fourth-order valence-corrected chi connectivity index (χ4v) is 3.35. The molecule has 0 aliphatic heterocycles. The Morgan fingerprint density at radius 3 is 1.98 bits per heavy atom. The molecule has 0 aliphatic carbocycles. The lowest BCUT2D eigenvalue weighted by Crippen LogP contribution is -2.15. The number of anilines is 2. The van der Waals surface area contributed by atoms with Gasteiger partial charge in [0.2, 0.25) is 11.7 Å². The van der Waals surface area contributed by atoms with E-state index in [2.05, 4.69) is 45.9 Å². The van der Waals surface area contributed by atoms with Gasteiger partial charge in [0.05, 0.1) is 23.5 Å². The van der Waals surface area contributed by atoms with Crippen LogP contribution in [0.2, 0.25) is 0 Å². The van der Waals surface area contributed by atoms with E-state index in [0.29, 0.717) is 41.7 Å². The largest absolute Gasteiger partial charge is 0.409 e. The third-order valence-corrected chi connectivity index (χ3v) is 5.29. The van der Waals surface area contributed by atoms with E-state index < -0.39 is 11.6 Å². The maximum Gasteiger partial charge on any atom is 0.223 e. The Hall–Kier alpha value is -5.53. The van der Waals surface area contributed by atoms with Gasteiger partial charge in [-0.1, -0.05) is 22.4 Å². The van der Waals surface area contributed by atoms with Crippen molar-refractivity contribution >= 4 is 17.5 Å². The number of aromatic nitrogens is 6. The number of hydrogen-bond donors (Lipinski definition) is 4. The Balaban J connectivity index is 0.000000186. The number of halogens is 2. The van der Waals surface area contributed by atoms with Gasteiger partial charge in [-0.25, -0.2) is 18.7 Å². The smallest absolute Gasteiger partial charge is 0.223 e. The van der Waals surface area contributed by atoms with Crippen molar-refractivity contribution in [2.75, 3.05) is 10.6 Å². The third kappa shape index (κ3) is 7.50. The van der Waals surface area contributed by atoms with Crippen molar-refractivity contribution in [2.24, 2.45) is 10.9 Å². The van der Waals surface area contributed by atoms with E-state index in [1.807, 2.05) is 0 Å².